The van der Waals surface area contributed by atoms with Crippen molar-refractivity contribution in [1.29, 1.82) is 5.26 Å². The van der Waals surface area contributed by atoms with Crippen molar-refractivity contribution in [2.24, 2.45) is 11.7 Å². The van der Waals surface area contributed by atoms with Crippen LogP contribution in [-0.2, 0) is 10.0 Å². The Labute approximate surface area is 104 Å². The molecule has 2 N–H and O–H groups in total. The van der Waals surface area contributed by atoms with Gasteiger partial charge in [0.05, 0.1) is 6.07 Å². The Balaban J connectivity index is 2.82. The Kier molecular flexibility index (Phi) is 4.92. The van der Waals surface area contributed by atoms with Gasteiger partial charge in [0.1, 0.15) is 0 Å². The van der Waals surface area contributed by atoms with E-state index in [0.717, 1.165) is 12.8 Å². The highest BCUT2D eigenvalue weighted by molar-refractivity contribution is 7.90. The largest absolute Gasteiger partial charge is 0.328 e. The van der Waals surface area contributed by atoms with E-state index < -0.39 is 15.3 Å². The number of rotatable bonds is 4. The van der Waals surface area contributed by atoms with Crippen LogP contribution in [-0.4, -0.2) is 37.1 Å². The molecule has 17 heavy (non-hydrogen) atoms. The van der Waals surface area contributed by atoms with Crippen LogP contribution in [0.1, 0.15) is 33.1 Å². The Bertz CT molecular complexity index is 386. The first-order valence-corrected chi connectivity index (χ1v) is 7.58. The maximum absolute atomic E-state index is 12.2. The first-order chi connectivity index (χ1) is 7.93. The minimum Gasteiger partial charge on any atom is -0.328 e. The summed E-state index contributed by atoms with van der Waals surface area (Å²) >= 11 is 0. The minimum absolute atomic E-state index is 0.00448. The van der Waals surface area contributed by atoms with E-state index in [0.29, 0.717) is 19.5 Å². The lowest BCUT2D eigenvalue weighted by molar-refractivity contribution is 0.242. The number of nitriles is 1. The summed E-state index contributed by atoms with van der Waals surface area (Å²) in [6.07, 6.45) is 2.12. The molecule has 1 rings (SSSR count). The van der Waals surface area contributed by atoms with Crippen LogP contribution in [0.4, 0.5) is 0 Å². The van der Waals surface area contributed by atoms with Gasteiger partial charge < -0.3 is 5.73 Å². The van der Waals surface area contributed by atoms with Gasteiger partial charge in [0, 0.05) is 19.1 Å². The second kappa shape index (κ2) is 5.80. The highest BCUT2D eigenvalue weighted by Crippen LogP contribution is 2.23. The molecular weight excluding hydrogens is 238 g/mol. The molecule has 0 saturated carbocycles. The molecule has 1 heterocycles. The van der Waals surface area contributed by atoms with Crippen LogP contribution >= 0.6 is 0 Å². The van der Waals surface area contributed by atoms with Gasteiger partial charge in [-0.05, 0) is 32.1 Å². The molecular formula is C11H21N3O2S. The predicted octanol–water partition coefficient (Wildman–Crippen LogP) is 0.678. The number of hydrogen-bond acceptors (Lipinski definition) is 4. The fourth-order valence-corrected chi connectivity index (χ4v) is 3.88. The summed E-state index contributed by atoms with van der Waals surface area (Å²) in [4.78, 5) is 0. The molecule has 0 amide bonds. The van der Waals surface area contributed by atoms with Gasteiger partial charge >= 0.3 is 0 Å². The number of nitrogens with two attached hydrogens (primary N) is 1. The van der Waals surface area contributed by atoms with Gasteiger partial charge in [0.2, 0.25) is 10.0 Å². The van der Waals surface area contributed by atoms with Gasteiger partial charge in [-0.15, -0.1) is 0 Å². The van der Waals surface area contributed by atoms with E-state index in [1.807, 2.05) is 13.0 Å². The van der Waals surface area contributed by atoms with Crippen molar-refractivity contribution < 1.29 is 8.42 Å². The van der Waals surface area contributed by atoms with E-state index in [1.165, 1.54) is 4.31 Å². The molecule has 0 aliphatic carbocycles. The molecule has 1 aliphatic heterocycles. The standard InChI is InChI=1S/C11H21N3O2S/c1-3-11(7-12)17(15,16)14-6-4-5-10(8-14)9(2)13/h9-11H,3-6,8,13H2,1-2H3. The van der Waals surface area contributed by atoms with Crippen molar-refractivity contribution in [3.05, 3.63) is 0 Å². The van der Waals surface area contributed by atoms with Crippen LogP contribution in [0, 0.1) is 17.2 Å². The molecule has 0 radical (unpaired) electrons. The van der Waals surface area contributed by atoms with E-state index in [1.54, 1.807) is 6.92 Å². The first-order valence-electron chi connectivity index (χ1n) is 6.07. The van der Waals surface area contributed by atoms with Crippen molar-refractivity contribution >= 4 is 10.0 Å². The molecule has 1 saturated heterocycles. The third-order valence-corrected chi connectivity index (χ3v) is 5.61. The average Bonchev–Trinajstić information content (AvgIpc) is 2.30. The zero-order valence-electron chi connectivity index (χ0n) is 10.5. The topological polar surface area (TPSA) is 87.2 Å². The molecule has 0 aromatic rings. The summed E-state index contributed by atoms with van der Waals surface area (Å²) in [5.41, 5.74) is 5.83. The smallest absolute Gasteiger partial charge is 0.230 e. The maximum Gasteiger partial charge on any atom is 0.230 e. The number of sulfonamides is 1. The van der Waals surface area contributed by atoms with Gasteiger partial charge in [-0.1, -0.05) is 6.92 Å². The van der Waals surface area contributed by atoms with Crippen molar-refractivity contribution in [3.8, 4) is 6.07 Å². The SMILES string of the molecule is CCC(C#N)S(=O)(=O)N1CCCC(C(C)N)C1. The summed E-state index contributed by atoms with van der Waals surface area (Å²) in [5, 5.41) is 7.96. The van der Waals surface area contributed by atoms with Crippen LogP contribution in [0.25, 0.3) is 0 Å². The van der Waals surface area contributed by atoms with Gasteiger partial charge in [-0.25, -0.2) is 12.7 Å². The summed E-state index contributed by atoms with van der Waals surface area (Å²) in [7, 11) is -3.47. The van der Waals surface area contributed by atoms with Gasteiger partial charge in [-0.2, -0.15) is 5.26 Å². The first kappa shape index (κ1) is 14.4. The summed E-state index contributed by atoms with van der Waals surface area (Å²) in [6, 6.07) is 1.87. The lowest BCUT2D eigenvalue weighted by Crippen LogP contribution is -2.47. The monoisotopic (exact) mass is 259 g/mol. The Morgan fingerprint density at radius 3 is 2.71 bits per heavy atom. The molecule has 1 fully saturated rings. The minimum atomic E-state index is -3.47. The van der Waals surface area contributed by atoms with E-state index in [-0.39, 0.29) is 12.0 Å². The molecule has 0 aromatic heterocycles. The van der Waals surface area contributed by atoms with Crippen molar-refractivity contribution in [3.63, 3.8) is 0 Å². The third-order valence-electron chi connectivity index (χ3n) is 3.40. The molecule has 1 aliphatic rings. The molecule has 3 unspecified atom stereocenters. The summed E-state index contributed by atoms with van der Waals surface area (Å²) in [6.45, 7) is 4.60. The third kappa shape index (κ3) is 3.18. The Morgan fingerprint density at radius 1 is 1.59 bits per heavy atom. The Hall–Kier alpha value is -0.640. The number of hydrogen-bond donors (Lipinski definition) is 1. The van der Waals surface area contributed by atoms with E-state index in [9.17, 15) is 8.42 Å². The molecule has 5 nitrogen and oxygen atoms in total. The molecule has 98 valence electrons. The molecule has 0 spiro atoms. The fourth-order valence-electron chi connectivity index (χ4n) is 2.18. The summed E-state index contributed by atoms with van der Waals surface area (Å²) < 4.78 is 25.8. The molecule has 0 bridgehead atoms. The van der Waals surface area contributed by atoms with Gasteiger partial charge in [0.25, 0.3) is 0 Å². The normalized spacial score (nSPS) is 26.1. The Morgan fingerprint density at radius 2 is 2.24 bits per heavy atom. The van der Waals surface area contributed by atoms with Gasteiger partial charge in [-0.3, -0.25) is 0 Å². The fraction of sp³-hybridized carbons (Fsp3) is 0.909. The molecule has 3 atom stereocenters. The van der Waals surface area contributed by atoms with Crippen LogP contribution in [0.2, 0.25) is 0 Å². The van der Waals surface area contributed by atoms with Crippen molar-refractivity contribution in [2.75, 3.05) is 13.1 Å². The lowest BCUT2D eigenvalue weighted by atomic mass is 9.93. The second-order valence-corrected chi connectivity index (χ2v) is 6.81. The van der Waals surface area contributed by atoms with Crippen LogP contribution in [0.5, 0.6) is 0 Å². The van der Waals surface area contributed by atoms with Gasteiger partial charge in [0.15, 0.2) is 5.25 Å². The summed E-state index contributed by atoms with van der Waals surface area (Å²) in [5.74, 6) is 0.203. The quantitative estimate of drug-likeness (QED) is 0.804. The number of nitrogens with zero attached hydrogens (tertiary/aromatic N) is 2. The van der Waals surface area contributed by atoms with Crippen LogP contribution in [0.15, 0.2) is 0 Å². The highest BCUT2D eigenvalue weighted by atomic mass is 32.2. The van der Waals surface area contributed by atoms with Crippen molar-refractivity contribution in [1.82, 2.24) is 4.31 Å². The van der Waals surface area contributed by atoms with Crippen molar-refractivity contribution in [2.45, 2.75) is 44.4 Å². The van der Waals surface area contributed by atoms with Crippen LogP contribution < -0.4 is 5.73 Å². The zero-order valence-corrected chi connectivity index (χ0v) is 11.3. The predicted molar refractivity (Wildman–Crippen MR) is 66.6 cm³/mol. The lowest BCUT2D eigenvalue weighted by Gasteiger charge is -2.34. The van der Waals surface area contributed by atoms with E-state index in [2.05, 4.69) is 0 Å². The van der Waals surface area contributed by atoms with E-state index >= 15 is 0 Å². The zero-order chi connectivity index (χ0) is 13.1. The highest BCUT2D eigenvalue weighted by Gasteiger charge is 2.35. The molecule has 6 heteroatoms. The van der Waals surface area contributed by atoms with E-state index in [4.69, 9.17) is 11.0 Å². The number of piperidine rings is 1. The second-order valence-electron chi connectivity index (χ2n) is 4.69. The maximum atomic E-state index is 12.2. The molecule has 0 aromatic carbocycles. The van der Waals surface area contributed by atoms with Crippen LogP contribution in [0.3, 0.4) is 0 Å². The average molecular weight is 259 g/mol.